The zero-order chi connectivity index (χ0) is 15.6. The maximum Gasteiger partial charge on any atom is 0.256 e. The molecule has 0 aliphatic rings. The van der Waals surface area contributed by atoms with Crippen LogP contribution in [-0.4, -0.2) is 5.91 Å². The van der Waals surface area contributed by atoms with Gasteiger partial charge in [-0.25, -0.2) is 8.78 Å². The molecule has 0 saturated carbocycles. The van der Waals surface area contributed by atoms with Crippen molar-refractivity contribution < 1.29 is 13.6 Å². The Morgan fingerprint density at radius 3 is 2.67 bits per heavy atom. The fourth-order valence-corrected chi connectivity index (χ4v) is 2.14. The highest BCUT2D eigenvalue weighted by Crippen LogP contribution is 2.24. The Hall–Kier alpha value is -2.46. The fraction of sp³-hybridized carbons (Fsp3) is 0. The van der Waals surface area contributed by atoms with Gasteiger partial charge in [0, 0.05) is 4.47 Å². The van der Waals surface area contributed by atoms with E-state index in [1.807, 2.05) is 0 Å². The number of hydrogen-bond donors (Lipinski definition) is 2. The summed E-state index contributed by atoms with van der Waals surface area (Å²) in [4.78, 5) is 12.1. The van der Waals surface area contributed by atoms with Crippen LogP contribution in [0, 0.1) is 23.0 Å². The predicted octanol–water partition coefficient (Wildman–Crippen LogP) is 3.43. The minimum Gasteiger partial charge on any atom is -0.396 e. The average molecular weight is 352 g/mol. The Balaban J connectivity index is 2.35. The van der Waals surface area contributed by atoms with Gasteiger partial charge in [0.2, 0.25) is 0 Å². The zero-order valence-corrected chi connectivity index (χ0v) is 12.0. The van der Waals surface area contributed by atoms with Crippen LogP contribution in [0.25, 0.3) is 0 Å². The van der Waals surface area contributed by atoms with Gasteiger partial charge < -0.3 is 11.1 Å². The Labute approximate surface area is 127 Å². The van der Waals surface area contributed by atoms with E-state index in [-0.39, 0.29) is 27.0 Å². The van der Waals surface area contributed by atoms with Crippen molar-refractivity contribution in [2.24, 2.45) is 0 Å². The normalized spacial score (nSPS) is 10.0. The van der Waals surface area contributed by atoms with Crippen LogP contribution >= 0.6 is 15.9 Å². The molecule has 2 rings (SSSR count). The SMILES string of the molecule is N#Cc1cc(F)ccc1NC(=O)c1cc(N)c(F)cc1Br. The lowest BCUT2D eigenvalue weighted by molar-refractivity contribution is 0.102. The lowest BCUT2D eigenvalue weighted by Gasteiger charge is -2.09. The lowest BCUT2D eigenvalue weighted by Crippen LogP contribution is -2.14. The molecule has 106 valence electrons. The molecule has 2 aromatic rings. The third-order valence-electron chi connectivity index (χ3n) is 2.68. The van der Waals surface area contributed by atoms with E-state index in [4.69, 9.17) is 11.0 Å². The maximum atomic E-state index is 13.2. The maximum absolute atomic E-state index is 13.2. The van der Waals surface area contributed by atoms with Crippen molar-refractivity contribution in [3.05, 3.63) is 57.6 Å². The lowest BCUT2D eigenvalue weighted by atomic mass is 10.1. The van der Waals surface area contributed by atoms with E-state index < -0.39 is 17.5 Å². The molecule has 4 nitrogen and oxygen atoms in total. The minimum absolute atomic E-state index is 0.0189. The van der Waals surface area contributed by atoms with Crippen LogP contribution in [0.5, 0.6) is 0 Å². The van der Waals surface area contributed by atoms with E-state index in [9.17, 15) is 13.6 Å². The number of carbonyl (C=O) groups is 1. The van der Waals surface area contributed by atoms with Gasteiger partial charge >= 0.3 is 0 Å². The Morgan fingerprint density at radius 1 is 1.29 bits per heavy atom. The third-order valence-corrected chi connectivity index (χ3v) is 3.34. The molecular weight excluding hydrogens is 344 g/mol. The molecule has 21 heavy (non-hydrogen) atoms. The van der Waals surface area contributed by atoms with Gasteiger partial charge in [0.15, 0.2) is 0 Å². The summed E-state index contributed by atoms with van der Waals surface area (Å²) in [6.45, 7) is 0. The van der Waals surface area contributed by atoms with Crippen molar-refractivity contribution in [2.75, 3.05) is 11.1 Å². The van der Waals surface area contributed by atoms with Crippen LogP contribution in [0.3, 0.4) is 0 Å². The van der Waals surface area contributed by atoms with Crippen molar-refractivity contribution in [1.82, 2.24) is 0 Å². The smallest absolute Gasteiger partial charge is 0.256 e. The molecule has 3 N–H and O–H groups in total. The van der Waals surface area contributed by atoms with Gasteiger partial charge in [-0.3, -0.25) is 4.79 Å². The molecule has 0 spiro atoms. The van der Waals surface area contributed by atoms with Crippen molar-refractivity contribution in [2.45, 2.75) is 0 Å². The van der Waals surface area contributed by atoms with Gasteiger partial charge in [0.25, 0.3) is 5.91 Å². The standard InChI is InChI=1S/C14H8BrF2N3O/c15-10-5-11(17)12(19)4-9(10)14(21)20-13-2-1-8(16)3-7(13)6-18/h1-5H,19H2,(H,20,21). The molecule has 0 saturated heterocycles. The third kappa shape index (κ3) is 3.17. The van der Waals surface area contributed by atoms with E-state index >= 15 is 0 Å². The monoisotopic (exact) mass is 351 g/mol. The Morgan fingerprint density at radius 2 is 2.00 bits per heavy atom. The predicted molar refractivity (Wildman–Crippen MR) is 77.6 cm³/mol. The van der Waals surface area contributed by atoms with Crippen molar-refractivity contribution in [3.63, 3.8) is 0 Å². The zero-order valence-electron chi connectivity index (χ0n) is 10.5. The molecule has 0 atom stereocenters. The number of hydrogen-bond acceptors (Lipinski definition) is 3. The second-order valence-corrected chi connectivity index (χ2v) is 4.96. The summed E-state index contributed by atoms with van der Waals surface area (Å²) in [6.07, 6.45) is 0. The van der Waals surface area contributed by atoms with Gasteiger partial charge in [0.05, 0.1) is 22.5 Å². The van der Waals surface area contributed by atoms with Crippen LogP contribution in [0.1, 0.15) is 15.9 Å². The van der Waals surface area contributed by atoms with Gasteiger partial charge in [-0.05, 0) is 46.3 Å². The highest BCUT2D eigenvalue weighted by atomic mass is 79.9. The summed E-state index contributed by atoms with van der Waals surface area (Å²) >= 11 is 3.06. The summed E-state index contributed by atoms with van der Waals surface area (Å²) in [7, 11) is 0. The minimum atomic E-state index is -0.655. The van der Waals surface area contributed by atoms with E-state index in [2.05, 4.69) is 21.2 Å². The van der Waals surface area contributed by atoms with Crippen LogP contribution in [0.15, 0.2) is 34.8 Å². The fourth-order valence-electron chi connectivity index (χ4n) is 1.65. The van der Waals surface area contributed by atoms with Crippen LogP contribution in [0.4, 0.5) is 20.2 Å². The van der Waals surface area contributed by atoms with Crippen LogP contribution in [0.2, 0.25) is 0 Å². The Kier molecular flexibility index (Phi) is 4.19. The van der Waals surface area contributed by atoms with Crippen molar-refractivity contribution in [1.29, 1.82) is 5.26 Å². The summed E-state index contributed by atoms with van der Waals surface area (Å²) in [5.41, 5.74) is 5.47. The highest BCUT2D eigenvalue weighted by molar-refractivity contribution is 9.10. The van der Waals surface area contributed by atoms with E-state index in [0.717, 1.165) is 18.2 Å². The molecular formula is C14H8BrF2N3O. The first kappa shape index (κ1) is 14.9. The van der Waals surface area contributed by atoms with Crippen molar-refractivity contribution >= 4 is 33.2 Å². The second-order valence-electron chi connectivity index (χ2n) is 4.11. The number of nitrogens with one attached hydrogen (secondary N) is 1. The average Bonchev–Trinajstić information content (AvgIpc) is 2.44. The molecule has 0 unspecified atom stereocenters. The van der Waals surface area contributed by atoms with Gasteiger partial charge in [0.1, 0.15) is 17.7 Å². The molecule has 0 aromatic heterocycles. The Bertz CT molecular complexity index is 772. The summed E-state index contributed by atoms with van der Waals surface area (Å²) < 4.78 is 26.5. The number of carbonyl (C=O) groups excluding carboxylic acids is 1. The molecule has 0 radical (unpaired) electrons. The molecule has 1 amide bonds. The van der Waals surface area contributed by atoms with Gasteiger partial charge in [-0.1, -0.05) is 0 Å². The summed E-state index contributed by atoms with van der Waals surface area (Å²) in [5, 5.41) is 11.4. The van der Waals surface area contributed by atoms with Crippen molar-refractivity contribution in [3.8, 4) is 6.07 Å². The molecule has 0 aliphatic heterocycles. The molecule has 0 heterocycles. The number of nitrogens with two attached hydrogens (primary N) is 1. The van der Waals surface area contributed by atoms with E-state index in [0.29, 0.717) is 0 Å². The topological polar surface area (TPSA) is 78.9 Å². The number of nitrogen functional groups attached to an aromatic ring is 1. The van der Waals surface area contributed by atoms with Gasteiger partial charge in [-0.15, -0.1) is 0 Å². The molecule has 0 aliphatic carbocycles. The number of rotatable bonds is 2. The number of amides is 1. The van der Waals surface area contributed by atoms with E-state index in [1.165, 1.54) is 12.1 Å². The number of anilines is 2. The van der Waals surface area contributed by atoms with Crippen LogP contribution < -0.4 is 11.1 Å². The number of halogens is 3. The van der Waals surface area contributed by atoms with Gasteiger partial charge in [-0.2, -0.15) is 5.26 Å². The number of benzene rings is 2. The van der Waals surface area contributed by atoms with E-state index in [1.54, 1.807) is 6.07 Å². The number of nitriles is 1. The second kappa shape index (κ2) is 5.89. The first-order chi connectivity index (χ1) is 9.92. The quantitative estimate of drug-likeness (QED) is 0.813. The largest absolute Gasteiger partial charge is 0.396 e. The molecule has 2 aromatic carbocycles. The molecule has 7 heteroatoms. The first-order valence-corrected chi connectivity index (χ1v) is 6.47. The molecule has 0 bridgehead atoms. The summed E-state index contributed by atoms with van der Waals surface area (Å²) in [6, 6.07) is 7.41. The molecule has 0 fully saturated rings. The number of nitrogens with zero attached hydrogens (tertiary/aromatic N) is 1. The first-order valence-electron chi connectivity index (χ1n) is 5.68. The van der Waals surface area contributed by atoms with Crippen LogP contribution in [-0.2, 0) is 0 Å². The summed E-state index contributed by atoms with van der Waals surface area (Å²) in [5.74, 6) is -1.84. The highest BCUT2D eigenvalue weighted by Gasteiger charge is 2.15.